The molecule has 8 heteroatoms. The smallest absolute Gasteiger partial charge is 0.354 e. The second-order valence-electron chi connectivity index (χ2n) is 7.04. The molecule has 1 aliphatic heterocycles. The Morgan fingerprint density at radius 1 is 1.36 bits per heavy atom. The summed E-state index contributed by atoms with van der Waals surface area (Å²) in [5, 5.41) is 12.3. The SMILES string of the molecule is N#CC1(CNC(=O)C2CCCn3cc(C(F)(F)F)nc32)CCCCC1. The van der Waals surface area contributed by atoms with Gasteiger partial charge in [0.2, 0.25) is 5.91 Å². The average Bonchev–Trinajstić information content (AvgIpc) is 3.05. The van der Waals surface area contributed by atoms with Crippen LogP contribution in [-0.4, -0.2) is 22.0 Å². The first kappa shape index (κ1) is 17.8. The third-order valence-corrected chi connectivity index (χ3v) is 5.27. The highest BCUT2D eigenvalue weighted by atomic mass is 19.4. The zero-order valence-electron chi connectivity index (χ0n) is 13.9. The Morgan fingerprint density at radius 2 is 2.08 bits per heavy atom. The van der Waals surface area contributed by atoms with Crippen LogP contribution in [0.25, 0.3) is 0 Å². The van der Waals surface area contributed by atoms with Gasteiger partial charge in [0.05, 0.1) is 17.4 Å². The van der Waals surface area contributed by atoms with Crippen LogP contribution >= 0.6 is 0 Å². The number of carbonyl (C=O) groups excluding carboxylic acids is 1. The Hall–Kier alpha value is -2.04. The molecule has 0 spiro atoms. The number of nitrogens with zero attached hydrogens (tertiary/aromatic N) is 3. The first-order valence-corrected chi connectivity index (χ1v) is 8.68. The van der Waals surface area contributed by atoms with Gasteiger partial charge in [-0.15, -0.1) is 0 Å². The van der Waals surface area contributed by atoms with Crippen LogP contribution in [0.4, 0.5) is 13.2 Å². The monoisotopic (exact) mass is 354 g/mol. The highest BCUT2D eigenvalue weighted by molar-refractivity contribution is 5.83. The maximum absolute atomic E-state index is 12.9. The molecule has 1 fully saturated rings. The number of aryl methyl sites for hydroxylation is 1. The average molecular weight is 354 g/mol. The molecule has 1 aromatic rings. The first-order valence-electron chi connectivity index (χ1n) is 8.68. The molecule has 1 amide bonds. The van der Waals surface area contributed by atoms with Gasteiger partial charge in [0.25, 0.3) is 0 Å². The van der Waals surface area contributed by atoms with E-state index in [2.05, 4.69) is 16.4 Å². The molecule has 1 aromatic heterocycles. The fraction of sp³-hybridized carbons (Fsp3) is 0.706. The normalized spacial score (nSPS) is 22.7. The fourth-order valence-electron chi connectivity index (χ4n) is 3.80. The van der Waals surface area contributed by atoms with Gasteiger partial charge in [0, 0.05) is 19.3 Å². The Kier molecular flexibility index (Phi) is 4.76. The van der Waals surface area contributed by atoms with Gasteiger partial charge >= 0.3 is 6.18 Å². The molecule has 0 saturated heterocycles. The number of hydrogen-bond acceptors (Lipinski definition) is 3. The predicted molar refractivity (Wildman–Crippen MR) is 83.3 cm³/mol. The van der Waals surface area contributed by atoms with Gasteiger partial charge in [-0.2, -0.15) is 18.4 Å². The van der Waals surface area contributed by atoms with E-state index in [9.17, 15) is 23.2 Å². The molecule has 25 heavy (non-hydrogen) atoms. The lowest BCUT2D eigenvalue weighted by Gasteiger charge is -2.31. The summed E-state index contributed by atoms with van der Waals surface area (Å²) < 4.78 is 40.1. The van der Waals surface area contributed by atoms with E-state index in [4.69, 9.17) is 0 Å². The van der Waals surface area contributed by atoms with E-state index in [0.717, 1.165) is 38.3 Å². The van der Waals surface area contributed by atoms with Crippen LogP contribution in [0, 0.1) is 16.7 Å². The number of fused-ring (bicyclic) bond motifs is 1. The van der Waals surface area contributed by atoms with Crippen LogP contribution in [0.15, 0.2) is 6.20 Å². The molecule has 1 aliphatic carbocycles. The van der Waals surface area contributed by atoms with Crippen molar-refractivity contribution < 1.29 is 18.0 Å². The molecule has 1 saturated carbocycles. The topological polar surface area (TPSA) is 70.7 Å². The minimum Gasteiger partial charge on any atom is -0.354 e. The van der Waals surface area contributed by atoms with E-state index in [1.54, 1.807) is 0 Å². The van der Waals surface area contributed by atoms with Gasteiger partial charge < -0.3 is 9.88 Å². The van der Waals surface area contributed by atoms with Gasteiger partial charge in [-0.05, 0) is 25.7 Å². The summed E-state index contributed by atoms with van der Waals surface area (Å²) in [6.07, 6.45) is 2.09. The molecule has 1 atom stereocenters. The van der Waals surface area contributed by atoms with E-state index in [1.165, 1.54) is 4.57 Å². The number of aromatic nitrogens is 2. The van der Waals surface area contributed by atoms with Crippen molar-refractivity contribution in [1.82, 2.24) is 14.9 Å². The largest absolute Gasteiger partial charge is 0.434 e. The van der Waals surface area contributed by atoms with E-state index < -0.39 is 23.2 Å². The van der Waals surface area contributed by atoms with E-state index in [-0.39, 0.29) is 18.3 Å². The predicted octanol–water partition coefficient (Wildman–Crippen LogP) is 3.37. The number of halogens is 3. The van der Waals surface area contributed by atoms with E-state index in [1.807, 2.05) is 0 Å². The molecule has 0 bridgehead atoms. The van der Waals surface area contributed by atoms with Gasteiger partial charge in [0.15, 0.2) is 5.69 Å². The first-order chi connectivity index (χ1) is 11.8. The summed E-state index contributed by atoms with van der Waals surface area (Å²) in [6.45, 7) is 0.690. The van der Waals surface area contributed by atoms with Crippen molar-refractivity contribution in [1.29, 1.82) is 5.26 Å². The molecule has 5 nitrogen and oxygen atoms in total. The van der Waals surface area contributed by atoms with Gasteiger partial charge in [-0.1, -0.05) is 19.3 Å². The van der Waals surface area contributed by atoms with Crippen molar-refractivity contribution in [3.63, 3.8) is 0 Å². The molecule has 136 valence electrons. The van der Waals surface area contributed by atoms with Gasteiger partial charge in [-0.25, -0.2) is 4.98 Å². The summed E-state index contributed by atoms with van der Waals surface area (Å²) in [5.41, 5.74) is -1.50. The maximum Gasteiger partial charge on any atom is 0.434 e. The van der Waals surface area contributed by atoms with Crippen molar-refractivity contribution >= 4 is 5.91 Å². The van der Waals surface area contributed by atoms with E-state index in [0.29, 0.717) is 19.4 Å². The number of alkyl halides is 3. The van der Waals surface area contributed by atoms with Crippen LogP contribution in [0.5, 0.6) is 0 Å². The Labute approximate surface area is 144 Å². The van der Waals surface area contributed by atoms with Crippen LogP contribution in [-0.2, 0) is 17.5 Å². The summed E-state index contributed by atoms with van der Waals surface area (Å²) in [4.78, 5) is 16.2. The molecule has 1 unspecified atom stereocenters. The van der Waals surface area contributed by atoms with Gasteiger partial charge in [0.1, 0.15) is 5.82 Å². The zero-order valence-corrected chi connectivity index (χ0v) is 13.9. The molecule has 3 rings (SSSR count). The third kappa shape index (κ3) is 3.65. The number of hydrogen-bond donors (Lipinski definition) is 1. The second kappa shape index (κ2) is 6.70. The van der Waals surface area contributed by atoms with Crippen molar-refractivity contribution in [2.45, 2.75) is 63.6 Å². The summed E-state index contributed by atoms with van der Waals surface area (Å²) in [5.74, 6) is -0.851. The van der Waals surface area contributed by atoms with Crippen molar-refractivity contribution in [2.24, 2.45) is 5.41 Å². The quantitative estimate of drug-likeness (QED) is 0.905. The highest BCUT2D eigenvalue weighted by Gasteiger charge is 2.39. The lowest BCUT2D eigenvalue weighted by atomic mass is 9.75. The Balaban J connectivity index is 1.72. The van der Waals surface area contributed by atoms with Crippen LogP contribution < -0.4 is 5.32 Å². The molecule has 0 radical (unpaired) electrons. The van der Waals surface area contributed by atoms with E-state index >= 15 is 0 Å². The van der Waals surface area contributed by atoms with Gasteiger partial charge in [-0.3, -0.25) is 4.79 Å². The Bertz CT molecular complexity index is 683. The number of carbonyl (C=O) groups is 1. The molecule has 0 aromatic carbocycles. The number of nitrogens with one attached hydrogen (secondary N) is 1. The summed E-state index contributed by atoms with van der Waals surface area (Å²) in [6, 6.07) is 2.33. The highest BCUT2D eigenvalue weighted by Crippen LogP contribution is 2.36. The molecule has 2 heterocycles. The molecular formula is C17H21F3N4O. The van der Waals surface area contributed by atoms with Crippen LogP contribution in [0.2, 0.25) is 0 Å². The minimum atomic E-state index is -4.52. The second-order valence-corrected chi connectivity index (χ2v) is 7.04. The fourth-order valence-corrected chi connectivity index (χ4v) is 3.80. The molecular weight excluding hydrogens is 333 g/mol. The Morgan fingerprint density at radius 3 is 2.72 bits per heavy atom. The van der Waals surface area contributed by atoms with Crippen molar-refractivity contribution in [2.75, 3.05) is 6.54 Å². The van der Waals surface area contributed by atoms with Crippen LogP contribution in [0.3, 0.4) is 0 Å². The number of amides is 1. The minimum absolute atomic E-state index is 0.172. The van der Waals surface area contributed by atoms with Crippen molar-refractivity contribution in [3.8, 4) is 6.07 Å². The number of rotatable bonds is 3. The lowest BCUT2D eigenvalue weighted by Crippen LogP contribution is -2.41. The van der Waals surface area contributed by atoms with Crippen LogP contribution in [0.1, 0.15) is 62.4 Å². The third-order valence-electron chi connectivity index (χ3n) is 5.27. The lowest BCUT2D eigenvalue weighted by molar-refractivity contribution is -0.141. The summed E-state index contributed by atoms with van der Waals surface area (Å²) in [7, 11) is 0. The maximum atomic E-state index is 12.9. The van der Waals surface area contributed by atoms with Crippen molar-refractivity contribution in [3.05, 3.63) is 17.7 Å². The standard InChI is InChI=1S/C17H21F3N4O/c18-17(19,20)13-9-24-8-4-5-12(14(24)23-13)15(25)22-11-16(10-21)6-2-1-3-7-16/h9,12H,1-8,11H2,(H,22,25). The zero-order chi connectivity index (χ0) is 18.1. The summed E-state index contributed by atoms with van der Waals surface area (Å²) >= 11 is 0. The molecule has 1 N–H and O–H groups in total. The number of imidazole rings is 1. The number of nitriles is 1. The molecule has 2 aliphatic rings.